The van der Waals surface area contributed by atoms with Crippen LogP contribution in [0.15, 0.2) is 24.5 Å². The number of aromatic nitrogens is 1. The second-order valence-electron chi connectivity index (χ2n) is 5.14. The van der Waals surface area contributed by atoms with Crippen LogP contribution in [0.1, 0.15) is 31.2 Å². The number of aliphatic hydroxyl groups is 1. The fourth-order valence-corrected chi connectivity index (χ4v) is 2.62. The summed E-state index contributed by atoms with van der Waals surface area (Å²) in [6, 6.07) is 4.11. The van der Waals surface area contributed by atoms with Crippen molar-refractivity contribution in [3.8, 4) is 0 Å². The quantitative estimate of drug-likeness (QED) is 0.847. The van der Waals surface area contributed by atoms with E-state index in [1.807, 2.05) is 12.4 Å². The average molecular weight is 234 g/mol. The maximum absolute atomic E-state index is 9.76. The predicted molar refractivity (Wildman–Crippen MR) is 68.5 cm³/mol. The summed E-state index contributed by atoms with van der Waals surface area (Å²) in [4.78, 5) is 6.34. The largest absolute Gasteiger partial charge is 0.393 e. The van der Waals surface area contributed by atoms with Crippen LogP contribution in [0.2, 0.25) is 0 Å². The summed E-state index contributed by atoms with van der Waals surface area (Å²) >= 11 is 0. The molecule has 0 radical (unpaired) electrons. The molecule has 0 aromatic carbocycles. The number of hydrogen-bond acceptors (Lipinski definition) is 3. The lowest BCUT2D eigenvalue weighted by molar-refractivity contribution is 0.120. The van der Waals surface area contributed by atoms with Crippen molar-refractivity contribution in [1.82, 2.24) is 9.88 Å². The third-order valence-electron chi connectivity index (χ3n) is 3.70. The van der Waals surface area contributed by atoms with Gasteiger partial charge in [-0.05, 0) is 56.5 Å². The van der Waals surface area contributed by atoms with E-state index in [1.165, 1.54) is 18.4 Å². The minimum atomic E-state index is -0.0516. The SMILES string of the molecule is CN(CCC1CCCC1O)Cc1ccncc1. The topological polar surface area (TPSA) is 36.4 Å². The van der Waals surface area contributed by atoms with E-state index in [0.717, 1.165) is 25.9 Å². The summed E-state index contributed by atoms with van der Waals surface area (Å²) in [6.07, 6.45) is 8.13. The zero-order valence-corrected chi connectivity index (χ0v) is 10.5. The van der Waals surface area contributed by atoms with Crippen LogP contribution in [-0.2, 0) is 6.54 Å². The minimum Gasteiger partial charge on any atom is -0.393 e. The molecule has 17 heavy (non-hydrogen) atoms. The molecule has 1 aliphatic rings. The van der Waals surface area contributed by atoms with Gasteiger partial charge in [-0.25, -0.2) is 0 Å². The van der Waals surface area contributed by atoms with Gasteiger partial charge in [0.1, 0.15) is 0 Å². The average Bonchev–Trinajstić information content (AvgIpc) is 2.74. The van der Waals surface area contributed by atoms with Gasteiger partial charge in [0.25, 0.3) is 0 Å². The lowest BCUT2D eigenvalue weighted by Gasteiger charge is -2.20. The number of pyridine rings is 1. The molecular formula is C14H22N2O. The van der Waals surface area contributed by atoms with E-state index in [0.29, 0.717) is 5.92 Å². The first-order valence-electron chi connectivity index (χ1n) is 6.51. The highest BCUT2D eigenvalue weighted by Crippen LogP contribution is 2.28. The fourth-order valence-electron chi connectivity index (χ4n) is 2.62. The first-order valence-corrected chi connectivity index (χ1v) is 6.51. The third-order valence-corrected chi connectivity index (χ3v) is 3.70. The van der Waals surface area contributed by atoms with Crippen LogP contribution in [-0.4, -0.2) is 34.7 Å². The van der Waals surface area contributed by atoms with Gasteiger partial charge in [0.05, 0.1) is 6.10 Å². The van der Waals surface area contributed by atoms with Crippen molar-refractivity contribution in [2.24, 2.45) is 5.92 Å². The first-order chi connectivity index (χ1) is 8.25. The second-order valence-corrected chi connectivity index (χ2v) is 5.14. The molecule has 3 nitrogen and oxygen atoms in total. The standard InChI is InChI=1S/C14H22N2O/c1-16(11-12-5-8-15-9-6-12)10-7-13-3-2-4-14(13)17/h5-6,8-9,13-14,17H,2-4,7,10-11H2,1H3. The fraction of sp³-hybridized carbons (Fsp3) is 0.643. The molecule has 0 amide bonds. The number of rotatable bonds is 5. The third kappa shape index (κ3) is 3.79. The van der Waals surface area contributed by atoms with Gasteiger partial charge in [0.15, 0.2) is 0 Å². The van der Waals surface area contributed by atoms with Gasteiger partial charge < -0.3 is 10.0 Å². The molecule has 1 N–H and O–H groups in total. The van der Waals surface area contributed by atoms with E-state index in [9.17, 15) is 5.11 Å². The normalized spacial score (nSPS) is 24.4. The molecule has 2 rings (SSSR count). The van der Waals surface area contributed by atoms with Gasteiger partial charge in [-0.1, -0.05) is 6.42 Å². The van der Waals surface area contributed by atoms with Crippen molar-refractivity contribution in [1.29, 1.82) is 0 Å². The van der Waals surface area contributed by atoms with Gasteiger partial charge in [0, 0.05) is 18.9 Å². The van der Waals surface area contributed by atoms with E-state index >= 15 is 0 Å². The maximum atomic E-state index is 9.76. The van der Waals surface area contributed by atoms with E-state index in [4.69, 9.17) is 0 Å². The van der Waals surface area contributed by atoms with Crippen LogP contribution in [0.4, 0.5) is 0 Å². The second kappa shape index (κ2) is 6.12. The molecule has 2 unspecified atom stereocenters. The summed E-state index contributed by atoms with van der Waals surface area (Å²) in [5.41, 5.74) is 1.30. The van der Waals surface area contributed by atoms with Crippen LogP contribution >= 0.6 is 0 Å². The van der Waals surface area contributed by atoms with Gasteiger partial charge in [-0.3, -0.25) is 4.98 Å². The van der Waals surface area contributed by atoms with Crippen LogP contribution in [0.25, 0.3) is 0 Å². The molecule has 1 heterocycles. The number of hydrogen-bond donors (Lipinski definition) is 1. The summed E-state index contributed by atoms with van der Waals surface area (Å²) in [5.74, 6) is 0.523. The van der Waals surface area contributed by atoms with Crippen molar-refractivity contribution < 1.29 is 5.11 Å². The Morgan fingerprint density at radius 3 is 2.76 bits per heavy atom. The molecule has 0 aliphatic heterocycles. The molecule has 2 atom stereocenters. The molecular weight excluding hydrogens is 212 g/mol. The molecule has 1 fully saturated rings. The Kier molecular flexibility index (Phi) is 4.51. The molecule has 1 aliphatic carbocycles. The highest BCUT2D eigenvalue weighted by atomic mass is 16.3. The first kappa shape index (κ1) is 12.5. The molecule has 3 heteroatoms. The van der Waals surface area contributed by atoms with Crippen LogP contribution in [0.3, 0.4) is 0 Å². The molecule has 0 spiro atoms. The highest BCUT2D eigenvalue weighted by Gasteiger charge is 2.24. The van der Waals surface area contributed by atoms with Crippen LogP contribution in [0.5, 0.6) is 0 Å². The Bertz CT molecular complexity index is 328. The lowest BCUT2D eigenvalue weighted by Crippen LogP contribution is -2.24. The molecule has 0 saturated heterocycles. The molecule has 94 valence electrons. The monoisotopic (exact) mass is 234 g/mol. The van der Waals surface area contributed by atoms with Gasteiger partial charge in [-0.15, -0.1) is 0 Å². The predicted octanol–water partition coefficient (Wildman–Crippen LogP) is 2.06. The zero-order chi connectivity index (χ0) is 12.1. The Morgan fingerprint density at radius 2 is 2.12 bits per heavy atom. The Morgan fingerprint density at radius 1 is 1.35 bits per heavy atom. The summed E-state index contributed by atoms with van der Waals surface area (Å²) in [5, 5.41) is 9.76. The van der Waals surface area contributed by atoms with Gasteiger partial charge >= 0.3 is 0 Å². The number of aliphatic hydroxyl groups excluding tert-OH is 1. The molecule has 0 bridgehead atoms. The smallest absolute Gasteiger partial charge is 0.0568 e. The van der Waals surface area contributed by atoms with Crippen molar-refractivity contribution in [3.05, 3.63) is 30.1 Å². The molecule has 1 saturated carbocycles. The molecule has 1 aromatic heterocycles. The lowest BCUT2D eigenvalue weighted by atomic mass is 10.0. The van der Waals surface area contributed by atoms with Crippen molar-refractivity contribution in [2.75, 3.05) is 13.6 Å². The Hall–Kier alpha value is -0.930. The van der Waals surface area contributed by atoms with Crippen molar-refractivity contribution in [2.45, 2.75) is 38.3 Å². The van der Waals surface area contributed by atoms with Crippen LogP contribution in [0, 0.1) is 5.92 Å². The van der Waals surface area contributed by atoms with E-state index < -0.39 is 0 Å². The summed E-state index contributed by atoms with van der Waals surface area (Å²) < 4.78 is 0. The zero-order valence-electron chi connectivity index (χ0n) is 10.5. The minimum absolute atomic E-state index is 0.0516. The summed E-state index contributed by atoms with van der Waals surface area (Å²) in [6.45, 7) is 2.02. The maximum Gasteiger partial charge on any atom is 0.0568 e. The summed E-state index contributed by atoms with van der Waals surface area (Å²) in [7, 11) is 2.14. The van der Waals surface area contributed by atoms with E-state index in [-0.39, 0.29) is 6.10 Å². The van der Waals surface area contributed by atoms with Gasteiger partial charge in [-0.2, -0.15) is 0 Å². The Balaban J connectivity index is 1.72. The van der Waals surface area contributed by atoms with Gasteiger partial charge in [0.2, 0.25) is 0 Å². The van der Waals surface area contributed by atoms with E-state index in [1.54, 1.807) is 0 Å². The number of nitrogens with zero attached hydrogens (tertiary/aromatic N) is 2. The van der Waals surface area contributed by atoms with Crippen molar-refractivity contribution >= 4 is 0 Å². The van der Waals surface area contributed by atoms with Crippen LogP contribution < -0.4 is 0 Å². The van der Waals surface area contributed by atoms with Crippen molar-refractivity contribution in [3.63, 3.8) is 0 Å². The Labute approximate surface area is 103 Å². The van der Waals surface area contributed by atoms with E-state index in [2.05, 4.69) is 29.1 Å². The highest BCUT2D eigenvalue weighted by molar-refractivity contribution is 5.09. The molecule has 1 aromatic rings.